The Morgan fingerprint density at radius 1 is 1.50 bits per heavy atom. The van der Waals surface area contributed by atoms with E-state index in [-0.39, 0.29) is 0 Å². The summed E-state index contributed by atoms with van der Waals surface area (Å²) in [5, 5.41) is 0. The van der Waals surface area contributed by atoms with Gasteiger partial charge in [-0.15, -0.1) is 0 Å². The number of imidazole rings is 1. The molecule has 0 N–H and O–H groups in total. The Labute approximate surface area is 71.2 Å². The molecular formula is C10H10N2. The van der Waals surface area contributed by atoms with Crippen LogP contribution >= 0.6 is 0 Å². The van der Waals surface area contributed by atoms with E-state index >= 15 is 0 Å². The summed E-state index contributed by atoms with van der Waals surface area (Å²) < 4.78 is 2.03. The zero-order valence-corrected chi connectivity index (χ0v) is 6.99. The van der Waals surface area contributed by atoms with Gasteiger partial charge >= 0.3 is 0 Å². The molecule has 2 nitrogen and oxygen atoms in total. The van der Waals surface area contributed by atoms with Gasteiger partial charge in [0.25, 0.3) is 0 Å². The minimum atomic E-state index is 0.968. The smallest absolute Gasteiger partial charge is 0.137 e. The van der Waals surface area contributed by atoms with Crippen LogP contribution in [0.15, 0.2) is 37.2 Å². The highest BCUT2D eigenvalue weighted by Crippen LogP contribution is 2.12. The Bertz CT molecular complexity index is 426. The highest BCUT2D eigenvalue weighted by Gasteiger charge is 1.98. The van der Waals surface area contributed by atoms with Crippen molar-refractivity contribution >= 4 is 11.2 Å². The van der Waals surface area contributed by atoms with Crippen molar-refractivity contribution in [2.75, 3.05) is 0 Å². The molecule has 0 aliphatic carbocycles. The Kier molecular flexibility index (Phi) is 1.47. The molecule has 2 aromatic heterocycles. The first-order valence-electron chi connectivity index (χ1n) is 3.87. The molecule has 0 bridgehead atoms. The van der Waals surface area contributed by atoms with E-state index in [4.69, 9.17) is 0 Å². The van der Waals surface area contributed by atoms with E-state index in [0.29, 0.717) is 0 Å². The van der Waals surface area contributed by atoms with Crippen LogP contribution in [0.4, 0.5) is 0 Å². The van der Waals surface area contributed by atoms with E-state index in [0.717, 1.165) is 16.9 Å². The number of rotatable bonds is 1. The molecule has 0 spiro atoms. The van der Waals surface area contributed by atoms with Gasteiger partial charge in [-0.2, -0.15) is 0 Å². The molecule has 0 fully saturated rings. The molecule has 60 valence electrons. The summed E-state index contributed by atoms with van der Waals surface area (Å²) in [6.07, 6.45) is 3.74. The van der Waals surface area contributed by atoms with Crippen LogP contribution in [0.5, 0.6) is 0 Å². The van der Waals surface area contributed by atoms with Crippen molar-refractivity contribution in [3.8, 4) is 0 Å². The highest BCUT2D eigenvalue weighted by atomic mass is 15.0. The Balaban J connectivity index is 2.82. The number of fused-ring (bicyclic) bond motifs is 1. The van der Waals surface area contributed by atoms with Crippen LogP contribution in [0.25, 0.3) is 11.2 Å². The number of hydrogen-bond acceptors (Lipinski definition) is 1. The third-order valence-electron chi connectivity index (χ3n) is 1.87. The van der Waals surface area contributed by atoms with Gasteiger partial charge in [0.1, 0.15) is 5.65 Å². The fourth-order valence-corrected chi connectivity index (χ4v) is 1.30. The fourth-order valence-electron chi connectivity index (χ4n) is 1.30. The predicted molar refractivity (Wildman–Crippen MR) is 49.9 cm³/mol. The Hall–Kier alpha value is -1.57. The summed E-state index contributed by atoms with van der Waals surface area (Å²) >= 11 is 0. The standard InChI is InChI=1S/C10H10N2/c1-8(2)9-4-3-5-10-11-6-7-12(9)10/h3-7H,1H2,2H3. The van der Waals surface area contributed by atoms with Gasteiger partial charge in [0.15, 0.2) is 0 Å². The fraction of sp³-hybridized carbons (Fsp3) is 0.100. The van der Waals surface area contributed by atoms with Crippen LogP contribution in [-0.4, -0.2) is 9.38 Å². The SMILES string of the molecule is C=C(C)c1cccc2nccn12. The molecule has 0 atom stereocenters. The van der Waals surface area contributed by atoms with Gasteiger partial charge in [-0.25, -0.2) is 4.98 Å². The van der Waals surface area contributed by atoms with Crippen molar-refractivity contribution in [3.63, 3.8) is 0 Å². The van der Waals surface area contributed by atoms with Crippen LogP contribution in [0, 0.1) is 0 Å². The third-order valence-corrected chi connectivity index (χ3v) is 1.87. The maximum Gasteiger partial charge on any atom is 0.137 e. The van der Waals surface area contributed by atoms with Gasteiger partial charge in [-0.1, -0.05) is 12.6 Å². The van der Waals surface area contributed by atoms with Crippen molar-refractivity contribution in [1.82, 2.24) is 9.38 Å². The molecule has 2 aromatic rings. The van der Waals surface area contributed by atoms with E-state index in [9.17, 15) is 0 Å². The summed E-state index contributed by atoms with van der Waals surface area (Å²) in [6.45, 7) is 5.90. The van der Waals surface area contributed by atoms with Crippen molar-refractivity contribution in [3.05, 3.63) is 42.9 Å². The first-order valence-corrected chi connectivity index (χ1v) is 3.87. The molecule has 0 radical (unpaired) electrons. The average Bonchev–Trinajstić information content (AvgIpc) is 2.49. The van der Waals surface area contributed by atoms with E-state index in [1.165, 1.54) is 0 Å². The summed E-state index contributed by atoms with van der Waals surface area (Å²) in [6, 6.07) is 6.01. The third kappa shape index (κ3) is 0.925. The lowest BCUT2D eigenvalue weighted by Crippen LogP contribution is -1.91. The molecule has 2 heteroatoms. The summed E-state index contributed by atoms with van der Waals surface area (Å²) in [7, 11) is 0. The van der Waals surface area contributed by atoms with Gasteiger partial charge < -0.3 is 4.40 Å². The van der Waals surface area contributed by atoms with Crippen molar-refractivity contribution < 1.29 is 0 Å². The quantitative estimate of drug-likeness (QED) is 0.622. The summed E-state index contributed by atoms with van der Waals surface area (Å²) in [4.78, 5) is 4.18. The van der Waals surface area contributed by atoms with Gasteiger partial charge in [0.2, 0.25) is 0 Å². The largest absolute Gasteiger partial charge is 0.300 e. The number of aromatic nitrogens is 2. The lowest BCUT2D eigenvalue weighted by Gasteiger charge is -2.02. The molecule has 2 rings (SSSR count). The lowest BCUT2D eigenvalue weighted by molar-refractivity contribution is 1.14. The molecule has 0 aliphatic rings. The van der Waals surface area contributed by atoms with Crippen LogP contribution < -0.4 is 0 Å². The lowest BCUT2D eigenvalue weighted by atomic mass is 10.2. The Morgan fingerprint density at radius 3 is 3.08 bits per heavy atom. The number of nitrogens with zero attached hydrogens (tertiary/aromatic N) is 2. The maximum absolute atomic E-state index is 4.18. The molecule has 0 aliphatic heterocycles. The highest BCUT2D eigenvalue weighted by molar-refractivity contribution is 5.61. The second-order valence-corrected chi connectivity index (χ2v) is 2.85. The monoisotopic (exact) mass is 158 g/mol. The van der Waals surface area contributed by atoms with Gasteiger partial charge in [-0.05, 0) is 24.6 Å². The van der Waals surface area contributed by atoms with Crippen LogP contribution in [0.1, 0.15) is 12.6 Å². The predicted octanol–water partition coefficient (Wildman–Crippen LogP) is 2.37. The van der Waals surface area contributed by atoms with Crippen molar-refractivity contribution in [1.29, 1.82) is 0 Å². The number of pyridine rings is 1. The van der Waals surface area contributed by atoms with E-state index in [1.54, 1.807) is 6.20 Å². The normalized spacial score (nSPS) is 10.4. The Morgan fingerprint density at radius 2 is 2.33 bits per heavy atom. The van der Waals surface area contributed by atoms with E-state index in [2.05, 4.69) is 11.6 Å². The molecule has 0 saturated heterocycles. The van der Waals surface area contributed by atoms with Crippen molar-refractivity contribution in [2.45, 2.75) is 6.92 Å². The van der Waals surface area contributed by atoms with E-state index < -0.39 is 0 Å². The average molecular weight is 158 g/mol. The summed E-state index contributed by atoms with van der Waals surface area (Å²) in [5.41, 5.74) is 3.14. The molecule has 12 heavy (non-hydrogen) atoms. The van der Waals surface area contributed by atoms with Crippen molar-refractivity contribution in [2.24, 2.45) is 0 Å². The van der Waals surface area contributed by atoms with Gasteiger partial charge in [0.05, 0.1) is 0 Å². The summed E-state index contributed by atoms with van der Waals surface area (Å²) in [5.74, 6) is 0. The number of allylic oxidation sites excluding steroid dienone is 1. The zero-order chi connectivity index (χ0) is 8.55. The molecule has 2 heterocycles. The maximum atomic E-state index is 4.18. The number of hydrogen-bond donors (Lipinski definition) is 0. The molecule has 0 saturated carbocycles. The van der Waals surface area contributed by atoms with Gasteiger partial charge in [-0.3, -0.25) is 0 Å². The van der Waals surface area contributed by atoms with Crippen LogP contribution in [-0.2, 0) is 0 Å². The topological polar surface area (TPSA) is 17.3 Å². The molecule has 0 amide bonds. The first kappa shape index (κ1) is 7.10. The second kappa shape index (κ2) is 2.48. The minimum Gasteiger partial charge on any atom is -0.300 e. The van der Waals surface area contributed by atoms with Gasteiger partial charge in [0, 0.05) is 18.1 Å². The van der Waals surface area contributed by atoms with Crippen LogP contribution in [0.2, 0.25) is 0 Å². The molecule has 0 aromatic carbocycles. The molecule has 0 unspecified atom stereocenters. The molecular weight excluding hydrogens is 148 g/mol. The van der Waals surface area contributed by atoms with E-state index in [1.807, 2.05) is 35.7 Å². The van der Waals surface area contributed by atoms with Crippen LogP contribution in [0.3, 0.4) is 0 Å². The zero-order valence-electron chi connectivity index (χ0n) is 6.99. The second-order valence-electron chi connectivity index (χ2n) is 2.85. The minimum absolute atomic E-state index is 0.968. The first-order chi connectivity index (χ1) is 5.79.